The van der Waals surface area contributed by atoms with Crippen LogP contribution in [0.2, 0.25) is 0 Å². The number of hydrogen-bond donors (Lipinski definition) is 2. The molecule has 0 aliphatic heterocycles. The van der Waals surface area contributed by atoms with Gasteiger partial charge in [-0.2, -0.15) is 5.26 Å². The van der Waals surface area contributed by atoms with Crippen molar-refractivity contribution in [2.45, 2.75) is 6.42 Å². The summed E-state index contributed by atoms with van der Waals surface area (Å²) in [7, 11) is 0. The van der Waals surface area contributed by atoms with Gasteiger partial charge in [-0.05, 0) is 66.1 Å². The van der Waals surface area contributed by atoms with Crippen molar-refractivity contribution >= 4 is 17.6 Å². The average Bonchev–Trinajstić information content (AvgIpc) is 2.94. The second kappa shape index (κ2) is 14.2. The summed E-state index contributed by atoms with van der Waals surface area (Å²) >= 11 is 0. The Hall–Kier alpha value is -5.56. The van der Waals surface area contributed by atoms with E-state index < -0.39 is 46.3 Å². The quantitative estimate of drug-likeness (QED) is 0.101. The van der Waals surface area contributed by atoms with Crippen LogP contribution in [0.5, 0.6) is 11.5 Å². The molecule has 4 N–H and O–H groups in total. The first-order chi connectivity index (χ1) is 20.1. The molecule has 4 aromatic carbocycles. The van der Waals surface area contributed by atoms with Crippen LogP contribution in [-0.2, 0) is 6.42 Å². The van der Waals surface area contributed by atoms with Crippen LogP contribution in [0.15, 0.2) is 72.8 Å². The van der Waals surface area contributed by atoms with Gasteiger partial charge in [0.1, 0.15) is 40.8 Å². The lowest BCUT2D eigenvalue weighted by molar-refractivity contribution is 0.0719. The minimum Gasteiger partial charge on any atom is -0.423 e. The third-order valence-corrected chi connectivity index (χ3v) is 5.44. The van der Waals surface area contributed by atoms with Gasteiger partial charge in [0.2, 0.25) is 5.69 Å². The maximum absolute atomic E-state index is 14.6. The second-order valence-electron chi connectivity index (χ2n) is 8.30. The highest BCUT2D eigenvalue weighted by molar-refractivity contribution is 5.92. The number of benzene rings is 4. The van der Waals surface area contributed by atoms with Gasteiger partial charge in [0.05, 0.1) is 23.3 Å². The third-order valence-electron chi connectivity index (χ3n) is 5.44. The molecule has 0 heterocycles. The van der Waals surface area contributed by atoms with E-state index in [2.05, 4.69) is 16.3 Å². The van der Waals surface area contributed by atoms with Crippen LogP contribution >= 0.6 is 0 Å². The molecule has 4 aromatic rings. The molecule has 0 unspecified atom stereocenters. The van der Waals surface area contributed by atoms with E-state index in [0.29, 0.717) is 11.1 Å². The molecule has 0 saturated heterocycles. The van der Waals surface area contributed by atoms with E-state index in [1.165, 1.54) is 24.3 Å². The Bertz CT molecular complexity index is 1610. The molecule has 0 radical (unpaired) electrons. The first-order valence-corrected chi connectivity index (χ1v) is 11.9. The third kappa shape index (κ3) is 7.76. The van der Waals surface area contributed by atoms with Crippen LogP contribution in [0.4, 0.5) is 23.2 Å². The summed E-state index contributed by atoms with van der Waals surface area (Å²) in [4.78, 5) is 27.6. The van der Waals surface area contributed by atoms with Crippen molar-refractivity contribution in [3.8, 4) is 17.6 Å². The number of halogens is 4. The van der Waals surface area contributed by atoms with Crippen LogP contribution in [0.3, 0.4) is 0 Å². The van der Waals surface area contributed by atoms with Crippen molar-refractivity contribution in [3.05, 3.63) is 135 Å². The fraction of sp³-hybridized carbons (Fsp3) is 0.0667. The SMILES string of the molecule is NCN.[C-]#[N+]c1ccc(OC(=O)c2ccc(Cc3ccc(C(=O)Oc4ccc(C#N)c(F)c4)c(F)c3)cc2F)cc1F. The molecular formula is C30H20F4N4O4. The van der Waals surface area contributed by atoms with E-state index in [4.69, 9.17) is 21.3 Å². The Labute approximate surface area is 237 Å². The maximum Gasteiger partial charge on any atom is 0.346 e. The van der Waals surface area contributed by atoms with E-state index in [0.717, 1.165) is 48.5 Å². The van der Waals surface area contributed by atoms with Crippen LogP contribution in [-0.4, -0.2) is 18.6 Å². The number of ether oxygens (including phenoxy) is 2. The highest BCUT2D eigenvalue weighted by atomic mass is 19.1. The minimum absolute atomic E-state index is 0.0443. The van der Waals surface area contributed by atoms with E-state index in [-0.39, 0.29) is 35.8 Å². The Kier molecular flexibility index (Phi) is 10.5. The van der Waals surface area contributed by atoms with Gasteiger partial charge in [0.25, 0.3) is 0 Å². The summed E-state index contributed by atoms with van der Waals surface area (Å²) in [5, 5.41) is 8.76. The molecule has 0 aromatic heterocycles. The lowest BCUT2D eigenvalue weighted by atomic mass is 10.0. The molecule has 12 heteroatoms. The lowest BCUT2D eigenvalue weighted by Gasteiger charge is -2.09. The predicted octanol–water partition coefficient (Wildman–Crippen LogP) is 5.56. The number of rotatable bonds is 6. The molecule has 0 aliphatic carbocycles. The normalized spacial score (nSPS) is 10.0. The largest absolute Gasteiger partial charge is 0.423 e. The van der Waals surface area contributed by atoms with Crippen LogP contribution in [0.25, 0.3) is 4.85 Å². The summed E-state index contributed by atoms with van der Waals surface area (Å²) in [6, 6.07) is 15.2. The van der Waals surface area contributed by atoms with Gasteiger partial charge in [0, 0.05) is 18.8 Å². The monoisotopic (exact) mass is 576 g/mol. The molecule has 4 rings (SSSR count). The molecule has 8 nitrogen and oxygen atoms in total. The topological polar surface area (TPSA) is 133 Å². The van der Waals surface area contributed by atoms with Crippen molar-refractivity contribution in [2.75, 3.05) is 6.67 Å². The number of nitrogens with two attached hydrogens (primary N) is 2. The molecule has 0 bridgehead atoms. The van der Waals surface area contributed by atoms with Crippen molar-refractivity contribution in [3.63, 3.8) is 0 Å². The second-order valence-corrected chi connectivity index (χ2v) is 8.30. The number of carbonyl (C=O) groups excluding carboxylic acids is 2. The first-order valence-electron chi connectivity index (χ1n) is 11.9. The van der Waals surface area contributed by atoms with E-state index in [1.54, 1.807) is 6.07 Å². The number of nitriles is 1. The highest BCUT2D eigenvalue weighted by Crippen LogP contribution is 2.25. The van der Waals surface area contributed by atoms with E-state index in [1.807, 2.05) is 0 Å². The minimum atomic E-state index is -1.08. The standard InChI is InChI=1S/C29H14F4N2O4.CH6N2/c1-35-27-9-6-20(14-26(27)33)39-29(37)22-8-3-17(12-25(22)32)10-16-2-7-21(24(31)11-16)28(36)38-19-5-4-18(15-34)23(30)13-19;2-1-3/h2-9,11-14H,10H2;1-3H2. The smallest absolute Gasteiger partial charge is 0.346 e. The lowest BCUT2D eigenvalue weighted by Crippen LogP contribution is -2.12. The summed E-state index contributed by atoms with van der Waals surface area (Å²) < 4.78 is 66.7. The van der Waals surface area contributed by atoms with E-state index in [9.17, 15) is 27.2 Å². The van der Waals surface area contributed by atoms with Gasteiger partial charge >= 0.3 is 11.9 Å². The summed E-state index contributed by atoms with van der Waals surface area (Å²) in [5.74, 6) is -6.21. The number of nitrogens with zero attached hydrogens (tertiary/aromatic N) is 2. The average molecular weight is 577 g/mol. The van der Waals surface area contributed by atoms with Gasteiger partial charge in [-0.25, -0.2) is 32.0 Å². The molecule has 0 saturated carbocycles. The van der Waals surface area contributed by atoms with Crippen LogP contribution in [0, 0.1) is 41.2 Å². The first kappa shape index (κ1) is 31.0. The van der Waals surface area contributed by atoms with Gasteiger partial charge in [-0.15, -0.1) is 0 Å². The molecule has 0 fully saturated rings. The maximum atomic E-state index is 14.6. The van der Waals surface area contributed by atoms with Gasteiger partial charge < -0.3 is 20.9 Å². The molecule has 212 valence electrons. The van der Waals surface area contributed by atoms with Crippen molar-refractivity contribution in [2.24, 2.45) is 11.5 Å². The Morgan fingerprint density at radius 2 is 1.21 bits per heavy atom. The van der Waals surface area contributed by atoms with Crippen LogP contribution in [0.1, 0.15) is 37.4 Å². The zero-order valence-corrected chi connectivity index (χ0v) is 21.5. The summed E-state index contributed by atoms with van der Waals surface area (Å²) in [6.07, 6.45) is 0.0443. The van der Waals surface area contributed by atoms with Gasteiger partial charge in [-0.3, -0.25) is 0 Å². The summed E-state index contributed by atoms with van der Waals surface area (Å²) in [5.41, 5.74) is 8.66. The zero-order chi connectivity index (χ0) is 30.8. The Balaban J connectivity index is 0.00000155. The highest BCUT2D eigenvalue weighted by Gasteiger charge is 2.18. The molecule has 42 heavy (non-hydrogen) atoms. The van der Waals surface area contributed by atoms with Gasteiger partial charge in [0.15, 0.2) is 0 Å². The molecular weight excluding hydrogens is 556 g/mol. The fourth-order valence-electron chi connectivity index (χ4n) is 3.52. The zero-order valence-electron chi connectivity index (χ0n) is 21.5. The van der Waals surface area contributed by atoms with Gasteiger partial charge in [-0.1, -0.05) is 12.1 Å². The molecule has 0 aliphatic rings. The predicted molar refractivity (Wildman–Crippen MR) is 143 cm³/mol. The van der Waals surface area contributed by atoms with E-state index >= 15 is 0 Å². The summed E-state index contributed by atoms with van der Waals surface area (Å²) in [6.45, 7) is 7.08. The van der Waals surface area contributed by atoms with Crippen molar-refractivity contribution < 1.29 is 36.6 Å². The Morgan fingerprint density at radius 3 is 1.62 bits per heavy atom. The number of esters is 2. The van der Waals surface area contributed by atoms with Crippen molar-refractivity contribution in [1.29, 1.82) is 5.26 Å². The molecule has 0 amide bonds. The van der Waals surface area contributed by atoms with Crippen molar-refractivity contribution in [1.82, 2.24) is 0 Å². The number of carbonyl (C=O) groups is 2. The Morgan fingerprint density at radius 1 is 0.738 bits per heavy atom. The van der Waals surface area contributed by atoms with Crippen LogP contribution < -0.4 is 20.9 Å². The fourth-order valence-corrected chi connectivity index (χ4v) is 3.52. The molecule has 0 atom stereocenters. The molecule has 0 spiro atoms. The number of hydrogen-bond acceptors (Lipinski definition) is 7.